The maximum Gasteiger partial charge on any atom is 0.416 e. The van der Waals surface area contributed by atoms with Gasteiger partial charge in [0.2, 0.25) is 5.91 Å². The highest BCUT2D eigenvalue weighted by molar-refractivity contribution is 5.78. The number of aryl methyl sites for hydroxylation is 1. The van der Waals surface area contributed by atoms with Crippen molar-refractivity contribution < 1.29 is 18.0 Å². The minimum absolute atomic E-state index is 0.0312. The van der Waals surface area contributed by atoms with E-state index in [-0.39, 0.29) is 25.4 Å². The number of halogens is 3. The van der Waals surface area contributed by atoms with Crippen molar-refractivity contribution in [2.45, 2.75) is 25.7 Å². The fourth-order valence-electron chi connectivity index (χ4n) is 2.78. The van der Waals surface area contributed by atoms with Crippen LogP contribution < -0.4 is 16.6 Å². The summed E-state index contributed by atoms with van der Waals surface area (Å²) in [6.07, 6.45) is -4.44. The molecule has 0 radical (unpaired) electrons. The molecule has 146 valence electrons. The lowest BCUT2D eigenvalue weighted by molar-refractivity contribution is -0.137. The summed E-state index contributed by atoms with van der Waals surface area (Å²) < 4.78 is 38.9. The van der Waals surface area contributed by atoms with Crippen molar-refractivity contribution in [2.24, 2.45) is 0 Å². The number of fused-ring (bicyclic) bond motifs is 1. The van der Waals surface area contributed by atoms with Crippen LogP contribution in [0.25, 0.3) is 10.9 Å². The number of hydrogen-bond donors (Lipinski definition) is 2. The summed E-state index contributed by atoms with van der Waals surface area (Å²) in [5, 5.41) is 2.94. The molecule has 3 aromatic rings. The fourth-order valence-corrected chi connectivity index (χ4v) is 2.78. The van der Waals surface area contributed by atoms with Crippen LogP contribution in [-0.2, 0) is 24.1 Å². The number of nitrogens with one attached hydrogen (secondary N) is 2. The number of carbonyl (C=O) groups excluding carboxylic acids is 1. The Kier molecular flexibility index (Phi) is 5.34. The Bertz CT molecular complexity index is 1120. The number of alkyl halides is 3. The second-order valence-corrected chi connectivity index (χ2v) is 6.15. The normalized spacial score (nSPS) is 11.5. The van der Waals surface area contributed by atoms with E-state index >= 15 is 0 Å². The maximum absolute atomic E-state index is 12.5. The van der Waals surface area contributed by atoms with Gasteiger partial charge in [0.1, 0.15) is 0 Å². The number of para-hydroxylation sites is 1. The molecule has 6 nitrogen and oxygen atoms in total. The highest BCUT2D eigenvalue weighted by Crippen LogP contribution is 2.29. The highest BCUT2D eigenvalue weighted by atomic mass is 19.4. The minimum atomic E-state index is -4.41. The lowest BCUT2D eigenvalue weighted by Crippen LogP contribution is -2.32. The van der Waals surface area contributed by atoms with Gasteiger partial charge >= 0.3 is 11.9 Å². The van der Waals surface area contributed by atoms with Crippen molar-refractivity contribution in [3.05, 3.63) is 80.5 Å². The predicted molar refractivity (Wildman–Crippen MR) is 96.7 cm³/mol. The van der Waals surface area contributed by atoms with E-state index in [2.05, 4.69) is 10.3 Å². The maximum atomic E-state index is 12.5. The van der Waals surface area contributed by atoms with E-state index in [1.807, 2.05) is 0 Å². The lowest BCUT2D eigenvalue weighted by atomic mass is 10.1. The van der Waals surface area contributed by atoms with Gasteiger partial charge in [0, 0.05) is 19.5 Å². The standard InChI is InChI=1S/C19H16F3N3O3/c20-19(21,22)13-7-5-12(6-8-13)11-23-16(26)9-10-25-15-4-2-1-3-14(15)17(27)24-18(25)28/h1-8H,9-11H2,(H,23,26)(H,24,27,28). The fraction of sp³-hybridized carbons (Fsp3) is 0.211. The number of benzene rings is 2. The Hall–Kier alpha value is -3.36. The van der Waals surface area contributed by atoms with E-state index in [1.54, 1.807) is 24.3 Å². The van der Waals surface area contributed by atoms with E-state index < -0.39 is 23.0 Å². The zero-order chi connectivity index (χ0) is 20.3. The van der Waals surface area contributed by atoms with Crippen molar-refractivity contribution in [3.63, 3.8) is 0 Å². The van der Waals surface area contributed by atoms with Crippen LogP contribution in [0.2, 0.25) is 0 Å². The third-order valence-corrected chi connectivity index (χ3v) is 4.24. The number of rotatable bonds is 5. The number of aromatic amines is 1. The van der Waals surface area contributed by atoms with Crippen LogP contribution in [0.15, 0.2) is 58.1 Å². The minimum Gasteiger partial charge on any atom is -0.352 e. The van der Waals surface area contributed by atoms with Crippen molar-refractivity contribution in [3.8, 4) is 0 Å². The molecule has 9 heteroatoms. The summed E-state index contributed by atoms with van der Waals surface area (Å²) in [5.74, 6) is -0.373. The average molecular weight is 391 g/mol. The first-order valence-corrected chi connectivity index (χ1v) is 8.40. The molecule has 2 N–H and O–H groups in total. The summed E-state index contributed by atoms with van der Waals surface area (Å²) in [7, 11) is 0. The Morgan fingerprint density at radius 3 is 2.39 bits per heavy atom. The summed E-state index contributed by atoms with van der Waals surface area (Å²) in [4.78, 5) is 38.1. The molecule has 0 bridgehead atoms. The molecule has 0 fully saturated rings. The average Bonchev–Trinajstić information content (AvgIpc) is 2.66. The molecule has 0 unspecified atom stereocenters. The van der Waals surface area contributed by atoms with E-state index in [9.17, 15) is 27.6 Å². The smallest absolute Gasteiger partial charge is 0.352 e. The van der Waals surface area contributed by atoms with Crippen LogP contribution in [0.1, 0.15) is 17.5 Å². The number of nitrogens with zero attached hydrogens (tertiary/aromatic N) is 1. The molecule has 0 atom stereocenters. The van der Waals surface area contributed by atoms with Gasteiger partial charge in [-0.1, -0.05) is 24.3 Å². The van der Waals surface area contributed by atoms with Gasteiger partial charge in [0.25, 0.3) is 5.56 Å². The van der Waals surface area contributed by atoms with Gasteiger partial charge in [-0.25, -0.2) is 4.79 Å². The van der Waals surface area contributed by atoms with Gasteiger partial charge in [-0.05, 0) is 29.8 Å². The van der Waals surface area contributed by atoms with E-state index in [1.165, 1.54) is 16.7 Å². The zero-order valence-corrected chi connectivity index (χ0v) is 14.5. The van der Waals surface area contributed by atoms with Crippen molar-refractivity contribution in [2.75, 3.05) is 0 Å². The molecular weight excluding hydrogens is 375 g/mol. The second kappa shape index (κ2) is 7.71. The molecule has 2 aromatic carbocycles. The Morgan fingerprint density at radius 1 is 1.04 bits per heavy atom. The molecule has 0 aliphatic carbocycles. The van der Waals surface area contributed by atoms with Crippen LogP contribution >= 0.6 is 0 Å². The molecular formula is C19H16F3N3O3. The topological polar surface area (TPSA) is 84.0 Å². The summed E-state index contributed by atoms with van der Waals surface area (Å²) in [5.41, 5.74) is -0.922. The monoisotopic (exact) mass is 391 g/mol. The molecule has 28 heavy (non-hydrogen) atoms. The van der Waals surface area contributed by atoms with Gasteiger partial charge in [0.15, 0.2) is 0 Å². The quantitative estimate of drug-likeness (QED) is 0.701. The number of carbonyl (C=O) groups is 1. The highest BCUT2D eigenvalue weighted by Gasteiger charge is 2.29. The first-order chi connectivity index (χ1) is 13.3. The van der Waals surface area contributed by atoms with Gasteiger partial charge in [0.05, 0.1) is 16.5 Å². The van der Waals surface area contributed by atoms with Crippen LogP contribution in [-0.4, -0.2) is 15.5 Å². The van der Waals surface area contributed by atoms with Crippen LogP contribution in [0.3, 0.4) is 0 Å². The molecule has 0 saturated carbocycles. The summed E-state index contributed by atoms with van der Waals surface area (Å²) >= 11 is 0. The van der Waals surface area contributed by atoms with E-state index in [0.717, 1.165) is 12.1 Å². The van der Waals surface area contributed by atoms with E-state index in [4.69, 9.17) is 0 Å². The number of amides is 1. The number of H-pyrrole nitrogens is 1. The van der Waals surface area contributed by atoms with Crippen LogP contribution in [0.4, 0.5) is 13.2 Å². The molecule has 0 aliphatic rings. The largest absolute Gasteiger partial charge is 0.416 e. The summed E-state index contributed by atoms with van der Waals surface area (Å²) in [6.45, 7) is 0.118. The Labute approximate surface area is 156 Å². The van der Waals surface area contributed by atoms with Crippen molar-refractivity contribution in [1.29, 1.82) is 0 Å². The van der Waals surface area contributed by atoms with Gasteiger partial charge < -0.3 is 5.32 Å². The summed E-state index contributed by atoms with van der Waals surface area (Å²) in [6, 6.07) is 11.0. The van der Waals surface area contributed by atoms with Gasteiger partial charge in [-0.2, -0.15) is 13.2 Å². The molecule has 1 aromatic heterocycles. The van der Waals surface area contributed by atoms with Gasteiger partial charge in [-0.3, -0.25) is 19.1 Å². The van der Waals surface area contributed by atoms with Crippen molar-refractivity contribution >= 4 is 16.8 Å². The van der Waals surface area contributed by atoms with Crippen LogP contribution in [0.5, 0.6) is 0 Å². The molecule has 1 amide bonds. The predicted octanol–water partition coefficient (Wildman–Crippen LogP) is 2.42. The molecule has 3 rings (SSSR count). The van der Waals surface area contributed by atoms with Crippen LogP contribution in [0, 0.1) is 0 Å². The SMILES string of the molecule is O=C(CCn1c(=O)[nH]c(=O)c2ccccc21)NCc1ccc(C(F)(F)F)cc1. The van der Waals surface area contributed by atoms with Gasteiger partial charge in [-0.15, -0.1) is 0 Å². The number of aromatic nitrogens is 2. The first kappa shape index (κ1) is 19.4. The Morgan fingerprint density at radius 2 is 1.71 bits per heavy atom. The zero-order valence-electron chi connectivity index (χ0n) is 14.5. The second-order valence-electron chi connectivity index (χ2n) is 6.15. The third-order valence-electron chi connectivity index (χ3n) is 4.24. The lowest BCUT2D eigenvalue weighted by Gasteiger charge is -2.10. The number of hydrogen-bond acceptors (Lipinski definition) is 3. The Balaban J connectivity index is 1.63. The van der Waals surface area contributed by atoms with Crippen molar-refractivity contribution in [1.82, 2.24) is 14.9 Å². The molecule has 0 spiro atoms. The first-order valence-electron chi connectivity index (χ1n) is 8.40. The molecule has 0 aliphatic heterocycles. The molecule has 1 heterocycles. The third kappa shape index (κ3) is 4.30. The molecule has 0 saturated heterocycles. The van der Waals surface area contributed by atoms with E-state index in [0.29, 0.717) is 16.5 Å².